The van der Waals surface area contributed by atoms with E-state index >= 15 is 0 Å². The molecule has 98 valence electrons. The molecule has 0 spiro atoms. The number of carbonyl (C=O) groups excluding carboxylic acids is 1. The highest BCUT2D eigenvalue weighted by atomic mass is 79.9. The maximum absolute atomic E-state index is 13.4. The first-order valence-corrected chi connectivity index (χ1v) is 6.67. The number of hydrogen-bond acceptors (Lipinski definition) is 1. The van der Waals surface area contributed by atoms with Crippen molar-refractivity contribution in [2.24, 2.45) is 0 Å². The van der Waals surface area contributed by atoms with Crippen molar-refractivity contribution in [2.45, 2.75) is 6.92 Å². The number of hydrogen-bond donors (Lipinski definition) is 1. The van der Waals surface area contributed by atoms with E-state index in [1.807, 2.05) is 6.92 Å². The van der Waals surface area contributed by atoms with E-state index in [1.54, 1.807) is 24.3 Å². The highest BCUT2D eigenvalue weighted by molar-refractivity contribution is 9.10. The molecule has 0 bridgehead atoms. The number of nitrogens with one attached hydrogen (secondary N) is 1. The van der Waals surface area contributed by atoms with Gasteiger partial charge in [0, 0.05) is 16.3 Å². The van der Waals surface area contributed by atoms with Crippen LogP contribution in [0.25, 0.3) is 0 Å². The summed E-state index contributed by atoms with van der Waals surface area (Å²) in [7, 11) is 0. The van der Waals surface area contributed by atoms with Crippen LogP contribution in [-0.4, -0.2) is 5.91 Å². The predicted molar refractivity (Wildman–Crippen MR) is 78.2 cm³/mol. The maximum atomic E-state index is 13.4. The third kappa shape index (κ3) is 3.33. The van der Waals surface area contributed by atoms with Crippen molar-refractivity contribution in [3.8, 4) is 0 Å². The molecule has 5 heteroatoms. The Kier molecular flexibility index (Phi) is 4.22. The van der Waals surface area contributed by atoms with Crippen LogP contribution in [-0.2, 0) is 0 Å². The molecule has 0 aliphatic carbocycles. The van der Waals surface area contributed by atoms with E-state index in [0.29, 0.717) is 15.2 Å². The Morgan fingerprint density at radius 3 is 2.68 bits per heavy atom. The number of benzene rings is 2. The van der Waals surface area contributed by atoms with Gasteiger partial charge in [0.25, 0.3) is 5.91 Å². The molecular formula is C14H10BrClFNO. The zero-order valence-corrected chi connectivity index (χ0v) is 12.3. The topological polar surface area (TPSA) is 29.1 Å². The molecule has 2 aromatic carbocycles. The van der Waals surface area contributed by atoms with Gasteiger partial charge in [0.1, 0.15) is 5.82 Å². The predicted octanol–water partition coefficient (Wildman–Crippen LogP) is 4.80. The van der Waals surface area contributed by atoms with Crippen LogP contribution in [0, 0.1) is 12.7 Å². The minimum absolute atomic E-state index is 0.250. The zero-order chi connectivity index (χ0) is 14.0. The molecule has 19 heavy (non-hydrogen) atoms. The minimum atomic E-state index is -0.476. The quantitative estimate of drug-likeness (QED) is 0.834. The van der Waals surface area contributed by atoms with Gasteiger partial charge in [-0.25, -0.2) is 4.39 Å². The normalized spacial score (nSPS) is 10.3. The summed E-state index contributed by atoms with van der Waals surface area (Å²) in [6.07, 6.45) is 0. The zero-order valence-electron chi connectivity index (χ0n) is 10.0. The molecule has 2 aromatic rings. The molecule has 0 radical (unpaired) electrons. The molecule has 0 aromatic heterocycles. The van der Waals surface area contributed by atoms with Crippen LogP contribution in [0.2, 0.25) is 5.02 Å². The van der Waals surface area contributed by atoms with E-state index in [0.717, 1.165) is 5.56 Å². The summed E-state index contributed by atoms with van der Waals surface area (Å²) in [6, 6.07) is 9.42. The first-order chi connectivity index (χ1) is 8.97. The highest BCUT2D eigenvalue weighted by Crippen LogP contribution is 2.22. The van der Waals surface area contributed by atoms with E-state index in [-0.39, 0.29) is 11.5 Å². The third-order valence-electron chi connectivity index (χ3n) is 2.63. The van der Waals surface area contributed by atoms with Crippen LogP contribution in [0.15, 0.2) is 40.9 Å². The molecule has 0 aliphatic heterocycles. The molecule has 0 unspecified atom stereocenters. The Bertz CT molecular complexity index is 645. The van der Waals surface area contributed by atoms with E-state index in [4.69, 9.17) is 11.6 Å². The van der Waals surface area contributed by atoms with Crippen LogP contribution < -0.4 is 5.32 Å². The summed E-state index contributed by atoms with van der Waals surface area (Å²) in [5, 5.41) is 3.24. The lowest BCUT2D eigenvalue weighted by molar-refractivity contribution is 0.102. The Balaban J connectivity index is 2.25. The van der Waals surface area contributed by atoms with Crippen LogP contribution in [0.3, 0.4) is 0 Å². The standard InChI is InChI=1S/C14H10BrClFNO/c1-8-2-4-10(16)7-13(8)18-14(19)9-3-5-11(15)12(17)6-9/h2-7H,1H3,(H,18,19). The number of aryl methyl sites for hydroxylation is 1. The third-order valence-corrected chi connectivity index (χ3v) is 3.51. The lowest BCUT2D eigenvalue weighted by atomic mass is 10.1. The summed E-state index contributed by atoms with van der Waals surface area (Å²) >= 11 is 8.92. The average Bonchev–Trinajstić information content (AvgIpc) is 2.37. The highest BCUT2D eigenvalue weighted by Gasteiger charge is 2.10. The van der Waals surface area contributed by atoms with E-state index in [1.165, 1.54) is 12.1 Å². The second-order valence-corrected chi connectivity index (χ2v) is 5.33. The molecule has 1 amide bonds. The van der Waals surface area contributed by atoms with Crippen molar-refractivity contribution in [2.75, 3.05) is 5.32 Å². The Hall–Kier alpha value is -1.39. The van der Waals surface area contributed by atoms with Crippen molar-refractivity contribution in [1.29, 1.82) is 0 Å². The van der Waals surface area contributed by atoms with Crippen molar-refractivity contribution in [3.05, 3.63) is 62.8 Å². The number of carbonyl (C=O) groups is 1. The second-order valence-electron chi connectivity index (χ2n) is 4.04. The van der Waals surface area contributed by atoms with Gasteiger partial charge in [-0.05, 0) is 58.7 Å². The average molecular weight is 343 g/mol. The fraction of sp³-hybridized carbons (Fsp3) is 0.0714. The van der Waals surface area contributed by atoms with Crippen LogP contribution in [0.5, 0.6) is 0 Å². The van der Waals surface area contributed by atoms with Gasteiger partial charge in [-0.3, -0.25) is 4.79 Å². The van der Waals surface area contributed by atoms with Gasteiger partial charge in [0.2, 0.25) is 0 Å². The Morgan fingerprint density at radius 1 is 1.26 bits per heavy atom. The van der Waals surface area contributed by atoms with E-state index in [9.17, 15) is 9.18 Å². The summed E-state index contributed by atoms with van der Waals surface area (Å²) in [6.45, 7) is 1.86. The summed E-state index contributed by atoms with van der Waals surface area (Å²) in [5.41, 5.74) is 1.75. The van der Waals surface area contributed by atoms with Crippen LogP contribution >= 0.6 is 27.5 Å². The molecule has 2 rings (SSSR count). The van der Waals surface area contributed by atoms with Gasteiger partial charge in [-0.2, -0.15) is 0 Å². The second kappa shape index (κ2) is 5.72. The summed E-state index contributed by atoms with van der Waals surface area (Å²) in [5.74, 6) is -0.854. The summed E-state index contributed by atoms with van der Waals surface area (Å²) < 4.78 is 13.7. The molecule has 0 saturated carbocycles. The summed E-state index contributed by atoms with van der Waals surface area (Å²) in [4.78, 5) is 12.0. The molecule has 0 aliphatic rings. The lowest BCUT2D eigenvalue weighted by Crippen LogP contribution is -2.13. The van der Waals surface area contributed by atoms with Crippen LogP contribution in [0.4, 0.5) is 10.1 Å². The van der Waals surface area contributed by atoms with Gasteiger partial charge in [0.05, 0.1) is 4.47 Å². The number of rotatable bonds is 2. The molecule has 0 fully saturated rings. The first kappa shape index (κ1) is 14.0. The fourth-order valence-electron chi connectivity index (χ4n) is 1.56. The van der Waals surface area contributed by atoms with Crippen molar-refractivity contribution >= 4 is 39.1 Å². The van der Waals surface area contributed by atoms with E-state index < -0.39 is 5.82 Å². The SMILES string of the molecule is Cc1ccc(Cl)cc1NC(=O)c1ccc(Br)c(F)c1. The largest absolute Gasteiger partial charge is 0.322 e. The van der Waals surface area contributed by atoms with Crippen molar-refractivity contribution in [1.82, 2.24) is 0 Å². The molecule has 1 N–H and O–H groups in total. The van der Waals surface area contributed by atoms with Crippen molar-refractivity contribution < 1.29 is 9.18 Å². The van der Waals surface area contributed by atoms with Crippen molar-refractivity contribution in [3.63, 3.8) is 0 Å². The van der Waals surface area contributed by atoms with E-state index in [2.05, 4.69) is 21.2 Å². The van der Waals surface area contributed by atoms with Gasteiger partial charge in [-0.15, -0.1) is 0 Å². The van der Waals surface area contributed by atoms with Gasteiger partial charge in [0.15, 0.2) is 0 Å². The number of anilines is 1. The van der Waals surface area contributed by atoms with Gasteiger partial charge in [-0.1, -0.05) is 17.7 Å². The Morgan fingerprint density at radius 2 is 2.00 bits per heavy atom. The lowest BCUT2D eigenvalue weighted by Gasteiger charge is -2.09. The molecule has 0 atom stereocenters. The molecular weight excluding hydrogens is 333 g/mol. The molecule has 0 saturated heterocycles. The Labute approximate surface area is 123 Å². The smallest absolute Gasteiger partial charge is 0.255 e. The fourth-order valence-corrected chi connectivity index (χ4v) is 1.98. The first-order valence-electron chi connectivity index (χ1n) is 5.50. The van der Waals surface area contributed by atoms with Gasteiger partial charge >= 0.3 is 0 Å². The maximum Gasteiger partial charge on any atom is 0.255 e. The van der Waals surface area contributed by atoms with Gasteiger partial charge < -0.3 is 5.32 Å². The number of halogens is 3. The van der Waals surface area contributed by atoms with Crippen LogP contribution in [0.1, 0.15) is 15.9 Å². The minimum Gasteiger partial charge on any atom is -0.322 e. The molecule has 0 heterocycles. The monoisotopic (exact) mass is 341 g/mol. The number of amides is 1. The molecule has 2 nitrogen and oxygen atoms in total.